The topological polar surface area (TPSA) is 90.9 Å². The van der Waals surface area contributed by atoms with Crippen molar-refractivity contribution in [1.29, 1.82) is 0 Å². The van der Waals surface area contributed by atoms with Crippen LogP contribution in [0.25, 0.3) is 10.8 Å². The zero-order chi connectivity index (χ0) is 17.6. The maximum atomic E-state index is 12.6. The van der Waals surface area contributed by atoms with Crippen LogP contribution in [0.15, 0.2) is 42.5 Å². The maximum Gasteiger partial charge on any atom is 0.249 e. The summed E-state index contributed by atoms with van der Waals surface area (Å²) >= 11 is 0. The van der Waals surface area contributed by atoms with Crippen LogP contribution >= 0.6 is 7.94 Å². The lowest BCUT2D eigenvalue weighted by atomic mass is 10.1. The number of carboxylic acid groups (broad SMARTS) is 1. The van der Waals surface area contributed by atoms with Gasteiger partial charge in [-0.1, -0.05) is 30.3 Å². The van der Waals surface area contributed by atoms with E-state index in [9.17, 15) is 14.8 Å². The zero-order valence-corrected chi connectivity index (χ0v) is 14.5. The van der Waals surface area contributed by atoms with Gasteiger partial charge in [-0.3, -0.25) is 0 Å². The summed E-state index contributed by atoms with van der Waals surface area (Å²) in [5.74, 6) is -1.06. The molecule has 0 amide bonds. The average molecular weight is 351 g/mol. The molecule has 2 rings (SSSR count). The van der Waals surface area contributed by atoms with E-state index >= 15 is 0 Å². The lowest BCUT2D eigenvalue weighted by Crippen LogP contribution is -2.45. The zero-order valence-electron chi connectivity index (χ0n) is 13.6. The molecule has 1 unspecified atom stereocenters. The van der Waals surface area contributed by atoms with Crippen LogP contribution in [-0.2, 0) is 13.8 Å². The number of carboxylic acids is 1. The minimum atomic E-state index is -3.86. The van der Waals surface area contributed by atoms with Crippen LogP contribution in [0.2, 0.25) is 0 Å². The van der Waals surface area contributed by atoms with Gasteiger partial charge in [0.15, 0.2) is 5.66 Å². The van der Waals surface area contributed by atoms with Crippen LogP contribution in [-0.4, -0.2) is 31.4 Å². The Morgan fingerprint density at radius 3 is 2.29 bits per heavy atom. The van der Waals surface area contributed by atoms with E-state index in [-0.39, 0.29) is 19.8 Å². The molecule has 0 radical (unpaired) electrons. The predicted molar refractivity (Wildman–Crippen MR) is 88.4 cm³/mol. The van der Waals surface area contributed by atoms with Crippen LogP contribution in [0.5, 0.6) is 5.75 Å². The fourth-order valence-electron chi connectivity index (χ4n) is 2.30. The third-order valence-corrected chi connectivity index (χ3v) is 5.76. The third-order valence-electron chi connectivity index (χ3n) is 3.40. The number of benzene rings is 2. The fourth-order valence-corrected chi connectivity index (χ4v) is 3.97. The summed E-state index contributed by atoms with van der Waals surface area (Å²) in [4.78, 5) is 24.0. The molecule has 0 heterocycles. The Labute approximate surface area is 141 Å². The Hall–Kier alpha value is -1.72. The largest absolute Gasteiger partial charge is 0.631 e. The molecule has 0 N–H and O–H groups in total. The standard InChI is InChI=1S/C17H21O6P/c1-3-22-24(20,23-4-2)16(17(18)19)12-21-15-10-9-13-7-5-6-8-14(13)11-15/h5-11,16H,3-4,12H2,1-2H3,(H,18,19)/p-1. The summed E-state index contributed by atoms with van der Waals surface area (Å²) in [5.41, 5.74) is -1.50. The molecule has 0 aliphatic heterocycles. The van der Waals surface area contributed by atoms with Crippen molar-refractivity contribution in [2.75, 3.05) is 19.8 Å². The summed E-state index contributed by atoms with van der Waals surface area (Å²) in [6.07, 6.45) is 0. The highest BCUT2D eigenvalue weighted by Crippen LogP contribution is 2.56. The second-order valence-electron chi connectivity index (χ2n) is 5.03. The second kappa shape index (κ2) is 8.40. The highest BCUT2D eigenvalue weighted by Gasteiger charge is 2.42. The molecule has 0 fully saturated rings. The van der Waals surface area contributed by atoms with Gasteiger partial charge in [-0.05, 0) is 36.8 Å². The smallest absolute Gasteiger partial charge is 0.249 e. The number of rotatable bonds is 9. The van der Waals surface area contributed by atoms with E-state index in [0.29, 0.717) is 5.75 Å². The van der Waals surface area contributed by atoms with Crippen LogP contribution in [0.1, 0.15) is 13.8 Å². The molecule has 7 heteroatoms. The third kappa shape index (κ3) is 4.42. The van der Waals surface area contributed by atoms with Crippen molar-refractivity contribution in [3.63, 3.8) is 0 Å². The van der Waals surface area contributed by atoms with Crippen LogP contribution in [0, 0.1) is 0 Å². The summed E-state index contributed by atoms with van der Waals surface area (Å²) in [7, 11) is -3.86. The van der Waals surface area contributed by atoms with Gasteiger partial charge in [-0.2, -0.15) is 0 Å². The summed E-state index contributed by atoms with van der Waals surface area (Å²) in [6, 6.07) is 13.1. The maximum absolute atomic E-state index is 12.6. The number of hydrogen-bond donors (Lipinski definition) is 0. The molecule has 2 aromatic rings. The minimum Gasteiger partial charge on any atom is -0.631 e. The summed E-state index contributed by atoms with van der Waals surface area (Å²) in [6.45, 7) is 3.00. The molecule has 2 aromatic carbocycles. The van der Waals surface area contributed by atoms with Gasteiger partial charge in [0.1, 0.15) is 12.4 Å². The van der Waals surface area contributed by atoms with Crippen molar-refractivity contribution >= 4 is 24.7 Å². The number of aliphatic carboxylic acids is 1. The van der Waals surface area contributed by atoms with Gasteiger partial charge in [0.05, 0.1) is 19.2 Å². The minimum absolute atomic E-state index is 0.0665. The molecule has 0 saturated carbocycles. The highest BCUT2D eigenvalue weighted by atomic mass is 31.2. The van der Waals surface area contributed by atoms with E-state index in [1.807, 2.05) is 30.3 Å². The van der Waals surface area contributed by atoms with E-state index in [4.69, 9.17) is 13.8 Å². The first-order valence-corrected chi connectivity index (χ1v) is 9.32. The molecule has 1 atom stereocenters. The number of fused-ring (bicyclic) bond motifs is 1. The first kappa shape index (κ1) is 18.6. The highest BCUT2D eigenvalue weighted by molar-refractivity contribution is 7.61. The van der Waals surface area contributed by atoms with E-state index < -0.39 is 19.6 Å². The summed E-state index contributed by atoms with van der Waals surface area (Å²) < 4.78 is 15.7. The van der Waals surface area contributed by atoms with Crippen molar-refractivity contribution in [2.24, 2.45) is 0 Å². The fraction of sp³-hybridized carbons (Fsp3) is 0.353. The van der Waals surface area contributed by atoms with E-state index in [2.05, 4.69) is 0 Å². The van der Waals surface area contributed by atoms with Crippen molar-refractivity contribution in [3.05, 3.63) is 42.5 Å². The molecular formula is C17H20O6P-. The second-order valence-corrected chi connectivity index (χ2v) is 7.25. The molecule has 0 aromatic heterocycles. The molecule has 24 heavy (non-hydrogen) atoms. The monoisotopic (exact) mass is 351 g/mol. The molecule has 130 valence electrons. The number of ether oxygens (including phenoxy) is 1. The Bertz CT molecular complexity index is 684. The van der Waals surface area contributed by atoms with Crippen LogP contribution < -0.4 is 14.7 Å². The first-order chi connectivity index (χ1) is 11.5. The average Bonchev–Trinajstić information content (AvgIpc) is 2.55. The van der Waals surface area contributed by atoms with Gasteiger partial charge >= 0.3 is 0 Å². The molecule has 0 aliphatic rings. The Balaban J connectivity index is 2.16. The van der Waals surface area contributed by atoms with Crippen molar-refractivity contribution in [1.82, 2.24) is 0 Å². The molecule has 0 aliphatic carbocycles. The summed E-state index contributed by atoms with van der Waals surface area (Å²) in [5, 5.41) is 13.4. The predicted octanol–water partition coefficient (Wildman–Crippen LogP) is 1.53. The lowest BCUT2D eigenvalue weighted by Gasteiger charge is -2.33. The molecule has 0 saturated heterocycles. The quantitative estimate of drug-likeness (QED) is 0.637. The number of carbonyl (C=O) groups excluding carboxylic acids is 1. The van der Waals surface area contributed by atoms with E-state index in [1.54, 1.807) is 26.0 Å². The lowest BCUT2D eigenvalue weighted by molar-refractivity contribution is -0.308. The van der Waals surface area contributed by atoms with Gasteiger partial charge in [-0.25, -0.2) is 9.05 Å². The van der Waals surface area contributed by atoms with Gasteiger partial charge in [0.2, 0.25) is 7.94 Å². The van der Waals surface area contributed by atoms with E-state index in [1.165, 1.54) is 0 Å². The molecule has 0 spiro atoms. The van der Waals surface area contributed by atoms with Crippen molar-refractivity contribution in [3.8, 4) is 5.75 Å². The van der Waals surface area contributed by atoms with Gasteiger partial charge in [-0.15, -0.1) is 0 Å². The first-order valence-electron chi connectivity index (χ1n) is 7.71. The Kier molecular flexibility index (Phi) is 6.52. The molecular weight excluding hydrogens is 331 g/mol. The number of hydrogen-bond acceptors (Lipinski definition) is 6. The van der Waals surface area contributed by atoms with Gasteiger partial charge in [0, 0.05) is 0 Å². The molecule has 0 bridgehead atoms. The molecule has 6 nitrogen and oxygen atoms in total. The van der Waals surface area contributed by atoms with Crippen LogP contribution in [0.4, 0.5) is 0 Å². The van der Waals surface area contributed by atoms with Crippen molar-refractivity contribution in [2.45, 2.75) is 19.5 Å². The normalized spacial score (nSPS) is 13.0. The SMILES string of the molecule is CCO[P+]([O-])(OCC)C(COc1ccc2ccccc2c1)C(=O)[O-]. The van der Waals surface area contributed by atoms with Gasteiger partial charge < -0.3 is 19.5 Å². The van der Waals surface area contributed by atoms with Gasteiger partial charge in [0.25, 0.3) is 0 Å². The van der Waals surface area contributed by atoms with E-state index in [0.717, 1.165) is 10.8 Å². The Morgan fingerprint density at radius 2 is 1.71 bits per heavy atom. The van der Waals surface area contributed by atoms with Crippen molar-refractivity contribution < 1.29 is 28.6 Å². The number of carbonyl (C=O) groups is 1. The van der Waals surface area contributed by atoms with Crippen LogP contribution in [0.3, 0.4) is 0 Å². The Morgan fingerprint density at radius 1 is 1.08 bits per heavy atom.